The molecule has 0 radical (unpaired) electrons. The van der Waals surface area contributed by atoms with E-state index in [4.69, 9.17) is 5.26 Å². The quantitative estimate of drug-likeness (QED) is 0.667. The maximum Gasteiger partial charge on any atom is 0.292 e. The molecule has 1 fully saturated rings. The second kappa shape index (κ2) is 5.27. The molecular weight excluding hydrogens is 242 g/mol. The van der Waals surface area contributed by atoms with E-state index >= 15 is 0 Å². The van der Waals surface area contributed by atoms with Crippen molar-refractivity contribution in [3.8, 4) is 6.07 Å². The normalized spacial score (nSPS) is 25.8. The average Bonchev–Trinajstić information content (AvgIpc) is 2.70. The van der Waals surface area contributed by atoms with Crippen LogP contribution in [-0.4, -0.2) is 11.0 Å². The van der Waals surface area contributed by atoms with Crippen LogP contribution >= 0.6 is 0 Å². The Bertz CT molecular complexity index is 536. The van der Waals surface area contributed by atoms with Gasteiger partial charge in [-0.1, -0.05) is 13.8 Å². The maximum absolute atomic E-state index is 11.0. The lowest BCUT2D eigenvalue weighted by Gasteiger charge is -2.20. The Morgan fingerprint density at radius 3 is 2.68 bits per heavy atom. The van der Waals surface area contributed by atoms with E-state index in [1.165, 1.54) is 12.1 Å². The monoisotopic (exact) mass is 259 g/mol. The van der Waals surface area contributed by atoms with Crippen LogP contribution in [0.25, 0.3) is 0 Å². The number of anilines is 1. The second-order valence-corrected chi connectivity index (χ2v) is 5.27. The predicted octanol–water partition coefficient (Wildman–Crippen LogP) is 3.31. The molecule has 1 N–H and O–H groups in total. The van der Waals surface area contributed by atoms with Crippen molar-refractivity contribution in [2.75, 3.05) is 5.32 Å². The molecular formula is C14H17N3O2. The van der Waals surface area contributed by atoms with Gasteiger partial charge in [0.15, 0.2) is 0 Å². The van der Waals surface area contributed by atoms with Gasteiger partial charge in [0, 0.05) is 12.1 Å². The molecule has 1 aromatic carbocycles. The summed E-state index contributed by atoms with van der Waals surface area (Å²) in [5.74, 6) is 1.10. The van der Waals surface area contributed by atoms with Gasteiger partial charge in [0.05, 0.1) is 16.6 Å². The van der Waals surface area contributed by atoms with Crippen LogP contribution in [0.4, 0.5) is 11.4 Å². The molecule has 0 spiro atoms. The van der Waals surface area contributed by atoms with Gasteiger partial charge >= 0.3 is 0 Å². The van der Waals surface area contributed by atoms with E-state index in [-0.39, 0.29) is 11.7 Å². The third-order valence-electron chi connectivity index (χ3n) is 4.13. The molecule has 0 heterocycles. The van der Waals surface area contributed by atoms with Crippen molar-refractivity contribution >= 4 is 11.4 Å². The molecule has 0 aliphatic heterocycles. The summed E-state index contributed by atoms with van der Waals surface area (Å²) in [5.41, 5.74) is 0.924. The summed E-state index contributed by atoms with van der Waals surface area (Å²) in [6.45, 7) is 4.36. The lowest BCUT2D eigenvalue weighted by molar-refractivity contribution is -0.384. The van der Waals surface area contributed by atoms with Crippen molar-refractivity contribution in [2.45, 2.75) is 32.7 Å². The lowest BCUT2D eigenvalue weighted by atomic mass is 9.97. The van der Waals surface area contributed by atoms with Gasteiger partial charge in [-0.15, -0.1) is 0 Å². The van der Waals surface area contributed by atoms with Gasteiger partial charge in [-0.25, -0.2) is 0 Å². The minimum absolute atomic E-state index is 0.0331. The zero-order valence-electron chi connectivity index (χ0n) is 11.1. The van der Waals surface area contributed by atoms with Crippen molar-refractivity contribution in [2.24, 2.45) is 11.8 Å². The molecule has 0 amide bonds. The van der Waals surface area contributed by atoms with Gasteiger partial charge in [0.1, 0.15) is 5.69 Å². The topological polar surface area (TPSA) is 79.0 Å². The number of hydrogen-bond donors (Lipinski definition) is 1. The number of nitrogens with zero attached hydrogens (tertiary/aromatic N) is 2. The number of nitriles is 1. The summed E-state index contributed by atoms with van der Waals surface area (Å²) in [6, 6.07) is 6.69. The molecule has 19 heavy (non-hydrogen) atoms. The van der Waals surface area contributed by atoms with E-state index in [9.17, 15) is 10.1 Å². The number of nitro benzene ring substituents is 1. The first-order valence-corrected chi connectivity index (χ1v) is 6.48. The third kappa shape index (κ3) is 2.68. The molecule has 2 rings (SSSR count). The van der Waals surface area contributed by atoms with Crippen LogP contribution in [0, 0.1) is 33.3 Å². The molecule has 5 heteroatoms. The summed E-state index contributed by atoms with van der Waals surface area (Å²) in [7, 11) is 0. The Balaban J connectivity index is 2.28. The van der Waals surface area contributed by atoms with Crippen molar-refractivity contribution in [3.05, 3.63) is 33.9 Å². The van der Waals surface area contributed by atoms with E-state index in [0.717, 1.165) is 12.8 Å². The Morgan fingerprint density at radius 2 is 2.16 bits per heavy atom. The van der Waals surface area contributed by atoms with E-state index in [1.807, 2.05) is 6.07 Å². The molecule has 1 aromatic rings. The summed E-state index contributed by atoms with van der Waals surface area (Å²) in [6.07, 6.45) is 2.14. The SMILES string of the molecule is CC1CCC(Nc2cc(C#N)ccc2[N+](=O)[O-])C1C. The standard InChI is InChI=1S/C14H17N3O2/c1-9-3-5-12(10(9)2)16-13-7-11(8-15)4-6-14(13)17(18)19/h4,6-7,9-10,12,16H,3,5H2,1-2H3. The summed E-state index contributed by atoms with van der Waals surface area (Å²) in [5, 5.41) is 23.2. The highest BCUT2D eigenvalue weighted by Crippen LogP contribution is 2.35. The minimum Gasteiger partial charge on any atom is -0.376 e. The Labute approximate surface area is 112 Å². The highest BCUT2D eigenvalue weighted by atomic mass is 16.6. The van der Waals surface area contributed by atoms with Crippen LogP contribution in [0.1, 0.15) is 32.3 Å². The van der Waals surface area contributed by atoms with E-state index in [2.05, 4.69) is 19.2 Å². The highest BCUT2D eigenvalue weighted by Gasteiger charge is 2.31. The molecule has 3 unspecified atom stereocenters. The molecule has 1 aliphatic rings. The second-order valence-electron chi connectivity index (χ2n) is 5.27. The predicted molar refractivity (Wildman–Crippen MR) is 72.8 cm³/mol. The van der Waals surface area contributed by atoms with Crippen molar-refractivity contribution in [3.63, 3.8) is 0 Å². The first-order chi connectivity index (χ1) is 9.02. The summed E-state index contributed by atoms with van der Waals surface area (Å²) < 4.78 is 0. The molecule has 5 nitrogen and oxygen atoms in total. The zero-order chi connectivity index (χ0) is 14.0. The molecule has 0 aromatic heterocycles. The van der Waals surface area contributed by atoms with Crippen LogP contribution in [0.2, 0.25) is 0 Å². The molecule has 100 valence electrons. The van der Waals surface area contributed by atoms with Crippen molar-refractivity contribution in [1.29, 1.82) is 5.26 Å². The Morgan fingerprint density at radius 1 is 1.42 bits per heavy atom. The number of benzene rings is 1. The molecule has 0 bridgehead atoms. The van der Waals surface area contributed by atoms with Gasteiger partial charge in [0.25, 0.3) is 5.69 Å². The van der Waals surface area contributed by atoms with Crippen LogP contribution in [0.5, 0.6) is 0 Å². The maximum atomic E-state index is 11.0. The van der Waals surface area contributed by atoms with Gasteiger partial charge in [0.2, 0.25) is 0 Å². The molecule has 3 atom stereocenters. The Hall–Kier alpha value is -2.09. The van der Waals surface area contributed by atoms with Crippen LogP contribution < -0.4 is 5.32 Å². The summed E-state index contributed by atoms with van der Waals surface area (Å²) in [4.78, 5) is 10.6. The zero-order valence-corrected chi connectivity index (χ0v) is 11.1. The largest absolute Gasteiger partial charge is 0.376 e. The van der Waals surface area contributed by atoms with E-state index in [1.54, 1.807) is 6.07 Å². The smallest absolute Gasteiger partial charge is 0.292 e. The fraction of sp³-hybridized carbons (Fsp3) is 0.500. The first kappa shape index (κ1) is 13.3. The van der Waals surface area contributed by atoms with Gasteiger partial charge in [-0.3, -0.25) is 10.1 Å². The van der Waals surface area contributed by atoms with E-state index < -0.39 is 4.92 Å². The minimum atomic E-state index is -0.410. The van der Waals surface area contributed by atoms with E-state index in [0.29, 0.717) is 23.1 Å². The number of hydrogen-bond acceptors (Lipinski definition) is 4. The molecule has 1 saturated carbocycles. The molecule has 0 saturated heterocycles. The first-order valence-electron chi connectivity index (χ1n) is 6.48. The third-order valence-corrected chi connectivity index (χ3v) is 4.13. The van der Waals surface area contributed by atoms with Crippen molar-refractivity contribution in [1.82, 2.24) is 0 Å². The highest BCUT2D eigenvalue weighted by molar-refractivity contribution is 5.64. The molecule has 1 aliphatic carbocycles. The number of nitrogens with one attached hydrogen (secondary N) is 1. The van der Waals surface area contributed by atoms with Crippen LogP contribution in [0.15, 0.2) is 18.2 Å². The van der Waals surface area contributed by atoms with Crippen molar-refractivity contribution < 1.29 is 4.92 Å². The summed E-state index contributed by atoms with van der Waals surface area (Å²) >= 11 is 0. The van der Waals surface area contributed by atoms with Crippen LogP contribution in [-0.2, 0) is 0 Å². The Kier molecular flexibility index (Phi) is 3.70. The number of nitro groups is 1. The fourth-order valence-electron chi connectivity index (χ4n) is 2.65. The number of rotatable bonds is 3. The van der Waals surface area contributed by atoms with Crippen LogP contribution in [0.3, 0.4) is 0 Å². The van der Waals surface area contributed by atoms with Gasteiger partial charge < -0.3 is 5.32 Å². The lowest BCUT2D eigenvalue weighted by Crippen LogP contribution is -2.24. The fourth-order valence-corrected chi connectivity index (χ4v) is 2.65. The van der Waals surface area contributed by atoms with Gasteiger partial charge in [-0.05, 0) is 36.8 Å². The average molecular weight is 259 g/mol. The van der Waals surface area contributed by atoms with Gasteiger partial charge in [-0.2, -0.15) is 5.26 Å².